The highest BCUT2D eigenvalue weighted by Gasteiger charge is 2.40. The molecule has 0 aliphatic carbocycles. The molecule has 12 heteroatoms. The van der Waals surface area contributed by atoms with E-state index in [4.69, 9.17) is 10.5 Å². The molecule has 1 amide bonds. The number of primary amides is 1. The molecule has 3 N–H and O–H groups in total. The molecule has 0 saturated carbocycles. The molecule has 0 aromatic carbocycles. The molecule has 30 heavy (non-hydrogen) atoms. The summed E-state index contributed by atoms with van der Waals surface area (Å²) in [5, 5.41) is 11.3. The molecule has 0 unspecified atom stereocenters. The van der Waals surface area contributed by atoms with Crippen molar-refractivity contribution in [3.63, 3.8) is 0 Å². The minimum atomic E-state index is -4.73. The molecule has 1 aliphatic heterocycles. The molecule has 0 radical (unpaired) electrons. The van der Waals surface area contributed by atoms with E-state index < -0.39 is 34.0 Å². The van der Waals surface area contributed by atoms with Gasteiger partial charge in [0, 0.05) is 19.3 Å². The molecule has 2 aromatic rings. The van der Waals surface area contributed by atoms with Crippen molar-refractivity contribution in [2.45, 2.75) is 44.9 Å². The van der Waals surface area contributed by atoms with Crippen LogP contribution in [-0.2, 0) is 10.9 Å². The summed E-state index contributed by atoms with van der Waals surface area (Å²) in [5.41, 5.74) is 2.49. The second-order valence-corrected chi connectivity index (χ2v) is 8.01. The fourth-order valence-corrected chi connectivity index (χ4v) is 4.19. The fraction of sp³-hybridized carbons (Fsp3) is 0.556. The van der Waals surface area contributed by atoms with Crippen LogP contribution in [0.5, 0.6) is 0 Å². The van der Waals surface area contributed by atoms with Crippen LogP contribution in [0.1, 0.15) is 38.7 Å². The summed E-state index contributed by atoms with van der Waals surface area (Å²) in [6.07, 6.45) is -2.23. The monoisotopic (exact) mass is 429 g/mol. The third-order valence-electron chi connectivity index (χ3n) is 5.15. The number of carbonyl (C=O) groups is 1. The Balaban J connectivity index is 2.03. The van der Waals surface area contributed by atoms with Gasteiger partial charge in [0.1, 0.15) is 16.6 Å². The number of hydrogen-bond donors (Lipinski definition) is 2. The van der Waals surface area contributed by atoms with Gasteiger partial charge in [-0.05, 0) is 39.0 Å². The van der Waals surface area contributed by atoms with Gasteiger partial charge in [-0.3, -0.25) is 10.1 Å². The van der Waals surface area contributed by atoms with Crippen LogP contribution >= 0.6 is 0 Å². The van der Waals surface area contributed by atoms with Crippen LogP contribution in [0, 0.1) is 16.0 Å². The highest BCUT2D eigenvalue weighted by atomic mass is 19.4. The van der Waals surface area contributed by atoms with Gasteiger partial charge in [-0.25, -0.2) is 9.78 Å². The first-order chi connectivity index (χ1) is 13.9. The van der Waals surface area contributed by atoms with Crippen molar-refractivity contribution in [2.75, 3.05) is 18.0 Å². The van der Waals surface area contributed by atoms with Crippen molar-refractivity contribution in [3.8, 4) is 0 Å². The Kier molecular flexibility index (Phi) is 5.52. The number of piperidine rings is 1. The fourth-order valence-electron chi connectivity index (χ4n) is 4.19. The van der Waals surface area contributed by atoms with E-state index in [-0.39, 0.29) is 29.2 Å². The van der Waals surface area contributed by atoms with E-state index in [1.807, 2.05) is 0 Å². The van der Waals surface area contributed by atoms with Crippen LogP contribution < -0.4 is 10.6 Å². The van der Waals surface area contributed by atoms with E-state index in [0.29, 0.717) is 32.0 Å². The molecule has 9 nitrogen and oxygen atoms in total. The number of amides is 1. The Morgan fingerprint density at radius 1 is 1.47 bits per heavy atom. The zero-order valence-corrected chi connectivity index (χ0v) is 16.5. The van der Waals surface area contributed by atoms with Gasteiger partial charge in [-0.1, -0.05) is 0 Å². The predicted octanol–water partition coefficient (Wildman–Crippen LogP) is 3.97. The lowest BCUT2D eigenvalue weighted by Gasteiger charge is -2.38. The van der Waals surface area contributed by atoms with Gasteiger partial charge in [-0.15, -0.1) is 0 Å². The van der Waals surface area contributed by atoms with E-state index >= 15 is 0 Å². The van der Waals surface area contributed by atoms with Crippen molar-refractivity contribution >= 4 is 28.5 Å². The molecule has 1 atom stereocenters. The highest BCUT2D eigenvalue weighted by Crippen LogP contribution is 2.44. The van der Waals surface area contributed by atoms with Crippen molar-refractivity contribution in [2.24, 2.45) is 11.7 Å². The van der Waals surface area contributed by atoms with Crippen LogP contribution in [0.3, 0.4) is 0 Å². The van der Waals surface area contributed by atoms with Gasteiger partial charge in [0.05, 0.1) is 22.4 Å². The molecule has 3 heterocycles. The number of fused-ring (bicyclic) bond motifs is 1. The number of aromatic nitrogens is 2. The average molecular weight is 429 g/mol. The molecule has 3 rings (SSSR count). The quantitative estimate of drug-likeness (QED) is 0.547. The SMILES string of the molecule is CC(C)(C[C@H]1CCCN(c2c(C(F)(F)F)cnc3[nH]cc([N+](=O)[O-])c23)C1)OC(N)=O. The molecular formula is C18H22F3N5O4. The third-order valence-corrected chi connectivity index (χ3v) is 5.15. The molecule has 1 aliphatic rings. The molecular weight excluding hydrogens is 407 g/mol. The molecule has 1 saturated heterocycles. The molecule has 0 bridgehead atoms. The maximum absolute atomic E-state index is 13.8. The standard InChI is InChI=1S/C18H22F3N5O4/c1-17(2,30-16(22)27)6-10-4-3-5-25(9-10)14-11(18(19,20)21)7-23-15-13(14)12(8-24-15)26(28)29/h7-8,10H,3-6,9H2,1-2H3,(H2,22,27)(H,23,24)/t10-/m1/s1. The number of halogens is 3. The Bertz CT molecular complexity index is 973. The van der Waals surface area contributed by atoms with Crippen LogP contribution in [0.25, 0.3) is 11.0 Å². The van der Waals surface area contributed by atoms with Crippen LogP contribution in [0.15, 0.2) is 12.4 Å². The minimum absolute atomic E-state index is 0.0178. The Morgan fingerprint density at radius 2 is 2.17 bits per heavy atom. The Labute approximate surface area is 169 Å². The Morgan fingerprint density at radius 3 is 2.77 bits per heavy atom. The topological polar surface area (TPSA) is 127 Å². The first-order valence-electron chi connectivity index (χ1n) is 9.34. The number of rotatable bonds is 5. The number of nitro groups is 1. The number of nitrogens with one attached hydrogen (secondary N) is 1. The summed E-state index contributed by atoms with van der Waals surface area (Å²) in [5.74, 6) is -0.101. The first-order valence-corrected chi connectivity index (χ1v) is 9.34. The number of nitrogens with zero attached hydrogens (tertiary/aromatic N) is 3. The lowest BCUT2D eigenvalue weighted by molar-refractivity contribution is -0.383. The van der Waals surface area contributed by atoms with Gasteiger partial charge in [0.15, 0.2) is 0 Å². The second-order valence-electron chi connectivity index (χ2n) is 8.01. The maximum atomic E-state index is 13.8. The maximum Gasteiger partial charge on any atom is 0.419 e. The Hall–Kier alpha value is -3.05. The largest absolute Gasteiger partial charge is 0.444 e. The number of pyridine rings is 1. The number of aromatic amines is 1. The summed E-state index contributed by atoms with van der Waals surface area (Å²) < 4.78 is 46.4. The van der Waals surface area contributed by atoms with Gasteiger partial charge >= 0.3 is 12.3 Å². The van der Waals surface area contributed by atoms with Gasteiger partial charge in [-0.2, -0.15) is 13.2 Å². The number of anilines is 1. The number of H-pyrrole nitrogens is 1. The van der Waals surface area contributed by atoms with Gasteiger partial charge in [0.25, 0.3) is 5.69 Å². The number of hydrogen-bond acceptors (Lipinski definition) is 6. The van der Waals surface area contributed by atoms with Gasteiger partial charge < -0.3 is 20.4 Å². The van der Waals surface area contributed by atoms with E-state index in [0.717, 1.165) is 6.20 Å². The lowest BCUT2D eigenvalue weighted by atomic mass is 9.86. The minimum Gasteiger partial charge on any atom is -0.444 e. The van der Waals surface area contributed by atoms with Crippen molar-refractivity contribution < 1.29 is 27.6 Å². The lowest BCUT2D eigenvalue weighted by Crippen LogP contribution is -2.41. The number of ether oxygens (including phenoxy) is 1. The molecule has 0 spiro atoms. The number of nitrogens with two attached hydrogens (primary N) is 1. The zero-order chi connectivity index (χ0) is 22.3. The summed E-state index contributed by atoms with van der Waals surface area (Å²) in [6.45, 7) is 3.88. The highest BCUT2D eigenvalue weighted by molar-refractivity contribution is 5.99. The summed E-state index contributed by atoms with van der Waals surface area (Å²) in [4.78, 5) is 29.6. The smallest absolute Gasteiger partial charge is 0.419 e. The number of alkyl halides is 3. The normalized spacial score (nSPS) is 17.9. The van der Waals surface area contributed by atoms with E-state index in [2.05, 4.69) is 9.97 Å². The first kappa shape index (κ1) is 21.7. The summed E-state index contributed by atoms with van der Waals surface area (Å²) in [6, 6.07) is 0. The second kappa shape index (κ2) is 7.65. The van der Waals surface area contributed by atoms with Crippen molar-refractivity contribution in [1.82, 2.24) is 9.97 Å². The third kappa shape index (κ3) is 4.41. The van der Waals surface area contributed by atoms with Crippen LogP contribution in [-0.4, -0.2) is 39.7 Å². The van der Waals surface area contributed by atoms with E-state index in [1.54, 1.807) is 13.8 Å². The van der Waals surface area contributed by atoms with Crippen LogP contribution in [0.2, 0.25) is 0 Å². The summed E-state index contributed by atoms with van der Waals surface area (Å²) >= 11 is 0. The zero-order valence-electron chi connectivity index (χ0n) is 16.5. The molecule has 2 aromatic heterocycles. The van der Waals surface area contributed by atoms with Crippen LogP contribution in [0.4, 0.5) is 29.3 Å². The van der Waals surface area contributed by atoms with E-state index in [1.165, 1.54) is 4.90 Å². The number of carbonyl (C=O) groups excluding carboxylic acids is 1. The van der Waals surface area contributed by atoms with Crippen molar-refractivity contribution in [3.05, 3.63) is 28.1 Å². The molecule has 1 fully saturated rings. The summed E-state index contributed by atoms with van der Waals surface area (Å²) in [7, 11) is 0. The van der Waals surface area contributed by atoms with Crippen molar-refractivity contribution in [1.29, 1.82) is 0 Å². The van der Waals surface area contributed by atoms with E-state index in [9.17, 15) is 28.1 Å². The molecule has 164 valence electrons. The van der Waals surface area contributed by atoms with Gasteiger partial charge in [0.2, 0.25) is 0 Å². The predicted molar refractivity (Wildman–Crippen MR) is 102 cm³/mol. The average Bonchev–Trinajstić information content (AvgIpc) is 3.03.